The summed E-state index contributed by atoms with van der Waals surface area (Å²) >= 11 is 0.919. The number of aliphatic hydroxyl groups excluding tert-OH is 1. The summed E-state index contributed by atoms with van der Waals surface area (Å²) in [6.07, 6.45) is -0.876. The number of aromatic nitrogens is 2. The summed E-state index contributed by atoms with van der Waals surface area (Å²) in [5.41, 5.74) is -2.43. The van der Waals surface area contributed by atoms with E-state index in [1.54, 1.807) is 13.8 Å². The molecular weight excluding hydrogens is 555 g/mol. The topological polar surface area (TPSA) is 126 Å². The molecule has 0 aliphatic heterocycles. The average molecular weight is 593 g/mol. The number of carbonyl (C=O) groups is 2. The predicted octanol–water partition coefficient (Wildman–Crippen LogP) is 3.96. The normalized spacial score (nSPS) is 12.6. The van der Waals surface area contributed by atoms with Gasteiger partial charge in [0.25, 0.3) is 5.56 Å². The van der Waals surface area contributed by atoms with Crippen LogP contribution >= 0.6 is 11.3 Å². The Kier molecular flexibility index (Phi) is 10.3. The fourth-order valence-electron chi connectivity index (χ4n) is 4.70. The fourth-order valence-corrected chi connectivity index (χ4v) is 5.89. The highest BCUT2D eigenvalue weighted by Gasteiger charge is 2.36. The lowest BCUT2D eigenvalue weighted by Crippen LogP contribution is -2.53. The molecule has 2 heterocycles. The van der Waals surface area contributed by atoms with E-state index < -0.39 is 34.7 Å². The van der Waals surface area contributed by atoms with Crippen LogP contribution in [0.1, 0.15) is 67.9 Å². The van der Waals surface area contributed by atoms with Crippen molar-refractivity contribution in [1.29, 1.82) is 0 Å². The van der Waals surface area contributed by atoms with Crippen LogP contribution < -0.4 is 16.0 Å². The van der Waals surface area contributed by atoms with Crippen LogP contribution in [0.15, 0.2) is 27.8 Å². The molecule has 0 saturated heterocycles. The molecule has 1 N–H and O–H groups in total. The molecule has 0 fully saturated rings. The number of aryl methyl sites for hydroxylation is 1. The van der Waals surface area contributed by atoms with Gasteiger partial charge in [-0.1, -0.05) is 13.8 Å². The number of aliphatic hydroxyl groups is 1. The molecule has 224 valence electrons. The van der Waals surface area contributed by atoms with Crippen molar-refractivity contribution in [1.82, 2.24) is 9.13 Å². The van der Waals surface area contributed by atoms with Gasteiger partial charge in [0.15, 0.2) is 5.78 Å². The van der Waals surface area contributed by atoms with Gasteiger partial charge in [-0.25, -0.2) is 18.5 Å². The molecule has 0 spiro atoms. The number of carbonyl (C=O) groups excluding carboxylic acids is 2. The fraction of sp³-hybridized carbons (Fsp3) is 0.517. The zero-order valence-electron chi connectivity index (χ0n) is 24.4. The molecule has 0 saturated carbocycles. The molecule has 0 radical (unpaired) electrons. The summed E-state index contributed by atoms with van der Waals surface area (Å²) in [4.78, 5) is 54.6. The number of esters is 1. The van der Waals surface area contributed by atoms with Crippen LogP contribution in [0.4, 0.5) is 4.39 Å². The summed E-state index contributed by atoms with van der Waals surface area (Å²) in [6.45, 7) is 9.37. The van der Waals surface area contributed by atoms with E-state index in [0.717, 1.165) is 15.9 Å². The first-order valence-electron chi connectivity index (χ1n) is 13.4. The number of hydrogen-bond donors (Lipinski definition) is 1. The second-order valence-electron chi connectivity index (χ2n) is 10.5. The SMILES string of the molecule is CCOC(=O)c1sc2c(c1C)c(=O)n(C(C)(C)C(=O)CC(C)C)c(=O)n2C[C@H](OCCO)c1cc(F)ccc1OC. The third-order valence-electron chi connectivity index (χ3n) is 6.81. The van der Waals surface area contributed by atoms with E-state index in [2.05, 4.69) is 0 Å². The number of fused-ring (bicyclic) bond motifs is 1. The van der Waals surface area contributed by atoms with Crippen LogP contribution in [0.25, 0.3) is 10.2 Å². The Morgan fingerprint density at radius 2 is 1.88 bits per heavy atom. The Labute approximate surface area is 241 Å². The van der Waals surface area contributed by atoms with Gasteiger partial charge in [0.05, 0.1) is 38.9 Å². The number of benzene rings is 1. The van der Waals surface area contributed by atoms with E-state index in [9.17, 15) is 28.7 Å². The lowest BCUT2D eigenvalue weighted by Gasteiger charge is -2.28. The van der Waals surface area contributed by atoms with Crippen molar-refractivity contribution < 1.29 is 33.3 Å². The minimum Gasteiger partial charge on any atom is -0.496 e. The molecule has 0 amide bonds. The van der Waals surface area contributed by atoms with Gasteiger partial charge in [-0.2, -0.15) is 0 Å². The number of Topliss-reactive ketones (excluding diaryl/α,β-unsaturated/α-hetero) is 1. The number of ether oxygens (including phenoxy) is 3. The van der Waals surface area contributed by atoms with Gasteiger partial charge in [-0.15, -0.1) is 11.3 Å². The summed E-state index contributed by atoms with van der Waals surface area (Å²) < 4.78 is 33.0. The minimum absolute atomic E-state index is 0.0153. The Bertz CT molecular complexity index is 1550. The zero-order valence-corrected chi connectivity index (χ0v) is 25.2. The van der Waals surface area contributed by atoms with Crippen molar-refractivity contribution in [3.8, 4) is 5.75 Å². The number of hydrogen-bond acceptors (Lipinski definition) is 9. The van der Waals surface area contributed by atoms with Crippen molar-refractivity contribution in [2.24, 2.45) is 5.92 Å². The first kappa shape index (κ1) is 32.2. The second kappa shape index (κ2) is 13.1. The molecule has 0 unspecified atom stereocenters. The van der Waals surface area contributed by atoms with Gasteiger partial charge in [0.1, 0.15) is 32.9 Å². The van der Waals surface area contributed by atoms with Crippen LogP contribution in [0.2, 0.25) is 0 Å². The standard InChI is InChI=1S/C29H37FN2O8S/c1-8-39-27(36)24-17(4)23-25(35)32(29(5,6)22(34)13-16(2)3)28(37)31(26(23)41-24)15-21(40-12-11-33)19-14-18(30)9-10-20(19)38-7/h9-10,14,16,21,33H,8,11-13,15H2,1-7H3/t21-/m0/s1. The van der Waals surface area contributed by atoms with Crippen molar-refractivity contribution in [2.45, 2.75) is 66.2 Å². The molecule has 1 aromatic carbocycles. The Morgan fingerprint density at radius 3 is 2.46 bits per heavy atom. The molecule has 12 heteroatoms. The number of rotatable bonds is 13. The zero-order chi connectivity index (χ0) is 30.6. The van der Waals surface area contributed by atoms with E-state index >= 15 is 0 Å². The monoisotopic (exact) mass is 592 g/mol. The maximum absolute atomic E-state index is 14.4. The molecule has 10 nitrogen and oxygen atoms in total. The molecule has 1 atom stereocenters. The summed E-state index contributed by atoms with van der Waals surface area (Å²) in [5.74, 6) is -1.26. The molecule has 3 aromatic rings. The highest BCUT2D eigenvalue weighted by Crippen LogP contribution is 2.33. The Hall–Kier alpha value is -3.35. The van der Waals surface area contributed by atoms with Gasteiger partial charge in [0.2, 0.25) is 0 Å². The number of nitrogens with zero attached hydrogens (tertiary/aromatic N) is 2. The molecule has 0 aliphatic carbocycles. The van der Waals surface area contributed by atoms with Crippen LogP contribution in [0.5, 0.6) is 5.75 Å². The minimum atomic E-state index is -1.52. The van der Waals surface area contributed by atoms with Crippen molar-refractivity contribution in [3.63, 3.8) is 0 Å². The van der Waals surface area contributed by atoms with Crippen LogP contribution in [-0.4, -0.2) is 52.9 Å². The van der Waals surface area contributed by atoms with Gasteiger partial charge in [0, 0.05) is 12.0 Å². The smallest absolute Gasteiger partial charge is 0.348 e. The predicted molar refractivity (Wildman–Crippen MR) is 154 cm³/mol. The van der Waals surface area contributed by atoms with Crippen LogP contribution in [0, 0.1) is 18.7 Å². The lowest BCUT2D eigenvalue weighted by molar-refractivity contribution is -0.127. The Morgan fingerprint density at radius 1 is 1.20 bits per heavy atom. The van der Waals surface area contributed by atoms with E-state index in [-0.39, 0.29) is 70.9 Å². The molecule has 3 rings (SSSR count). The largest absolute Gasteiger partial charge is 0.496 e. The highest BCUT2D eigenvalue weighted by molar-refractivity contribution is 7.20. The van der Waals surface area contributed by atoms with Gasteiger partial charge in [-0.3, -0.25) is 14.2 Å². The summed E-state index contributed by atoms with van der Waals surface area (Å²) in [6, 6.07) is 3.84. The maximum atomic E-state index is 14.4. The van der Waals surface area contributed by atoms with Crippen molar-refractivity contribution >= 4 is 33.3 Å². The van der Waals surface area contributed by atoms with E-state index in [1.165, 1.54) is 43.7 Å². The number of thiophene rings is 1. The highest BCUT2D eigenvalue weighted by atomic mass is 32.1. The van der Waals surface area contributed by atoms with Crippen LogP contribution in [-0.2, 0) is 26.4 Å². The third-order valence-corrected chi connectivity index (χ3v) is 8.10. The van der Waals surface area contributed by atoms with Crippen molar-refractivity contribution in [3.05, 3.63) is 60.9 Å². The molecule has 41 heavy (non-hydrogen) atoms. The second-order valence-corrected chi connectivity index (χ2v) is 11.5. The summed E-state index contributed by atoms with van der Waals surface area (Å²) in [7, 11) is 1.40. The molecule has 0 bridgehead atoms. The van der Waals surface area contributed by atoms with Gasteiger partial charge < -0.3 is 19.3 Å². The maximum Gasteiger partial charge on any atom is 0.348 e. The van der Waals surface area contributed by atoms with E-state index in [0.29, 0.717) is 5.56 Å². The van der Waals surface area contributed by atoms with Crippen LogP contribution in [0.3, 0.4) is 0 Å². The quantitative estimate of drug-likeness (QED) is 0.296. The Balaban J connectivity index is 2.40. The number of ketones is 1. The first-order valence-corrected chi connectivity index (χ1v) is 14.2. The van der Waals surface area contributed by atoms with Gasteiger partial charge in [-0.05, 0) is 57.4 Å². The van der Waals surface area contributed by atoms with Gasteiger partial charge >= 0.3 is 11.7 Å². The number of methoxy groups -OCH3 is 1. The first-order chi connectivity index (χ1) is 19.3. The van der Waals surface area contributed by atoms with E-state index in [1.807, 2.05) is 13.8 Å². The average Bonchev–Trinajstić information content (AvgIpc) is 3.25. The third kappa shape index (κ3) is 6.44. The van der Waals surface area contributed by atoms with Crippen molar-refractivity contribution in [2.75, 3.05) is 26.9 Å². The molecular formula is C29H37FN2O8S. The number of halogens is 1. The molecule has 2 aromatic heterocycles. The van der Waals surface area contributed by atoms with E-state index in [4.69, 9.17) is 14.2 Å². The summed E-state index contributed by atoms with van der Waals surface area (Å²) in [5, 5.41) is 9.57. The molecule has 0 aliphatic rings. The lowest BCUT2D eigenvalue weighted by atomic mass is 9.91.